The Morgan fingerprint density at radius 2 is 2.18 bits per heavy atom. The van der Waals surface area contributed by atoms with E-state index in [-0.39, 0.29) is 24.2 Å². The smallest absolute Gasteiger partial charge is 0.229 e. The lowest BCUT2D eigenvalue weighted by molar-refractivity contribution is -0.128. The highest BCUT2D eigenvalue weighted by molar-refractivity contribution is 5.97. The van der Waals surface area contributed by atoms with Crippen LogP contribution < -0.4 is 5.32 Å². The topological polar surface area (TPSA) is 106 Å². The summed E-state index contributed by atoms with van der Waals surface area (Å²) in [5.41, 5.74) is 2.33. The number of likely N-dealkylation sites (tertiary alicyclic amines) is 1. The van der Waals surface area contributed by atoms with E-state index in [4.69, 9.17) is 0 Å². The van der Waals surface area contributed by atoms with Crippen molar-refractivity contribution in [1.29, 1.82) is 0 Å². The quantitative estimate of drug-likeness (QED) is 0.719. The predicted molar refractivity (Wildman–Crippen MR) is 100 cm³/mol. The summed E-state index contributed by atoms with van der Waals surface area (Å²) in [7, 11) is 0. The van der Waals surface area contributed by atoms with Gasteiger partial charge in [-0.3, -0.25) is 14.6 Å². The maximum absolute atomic E-state index is 12.7. The summed E-state index contributed by atoms with van der Waals surface area (Å²) >= 11 is 0. The molecule has 2 aromatic heterocycles. The first kappa shape index (κ1) is 17.8. The van der Waals surface area contributed by atoms with Crippen molar-refractivity contribution >= 4 is 17.5 Å². The third kappa shape index (κ3) is 3.73. The maximum atomic E-state index is 12.7. The molecule has 3 aromatic rings. The van der Waals surface area contributed by atoms with Crippen LogP contribution in [0.5, 0.6) is 0 Å². The van der Waals surface area contributed by atoms with E-state index in [1.165, 1.54) is 0 Å². The highest BCUT2D eigenvalue weighted by Gasteiger charge is 2.34. The number of amides is 2. The molecule has 0 saturated carbocycles. The fourth-order valence-corrected chi connectivity index (χ4v) is 3.24. The molecule has 0 bridgehead atoms. The normalized spacial score (nSPS) is 16.4. The summed E-state index contributed by atoms with van der Waals surface area (Å²) in [6.07, 6.45) is 3.63. The van der Waals surface area contributed by atoms with Gasteiger partial charge in [-0.15, -0.1) is 5.10 Å². The van der Waals surface area contributed by atoms with Gasteiger partial charge in [0.25, 0.3) is 0 Å². The Kier molecular flexibility index (Phi) is 4.79. The first-order chi connectivity index (χ1) is 13.6. The molecule has 4 rings (SSSR count). The Balaban J connectivity index is 1.42. The zero-order valence-corrected chi connectivity index (χ0v) is 15.3. The minimum Gasteiger partial charge on any atom is -0.337 e. The van der Waals surface area contributed by atoms with Crippen LogP contribution in [-0.4, -0.2) is 48.5 Å². The summed E-state index contributed by atoms with van der Waals surface area (Å²) in [6, 6.07) is 11.0. The predicted octanol–water partition coefficient (Wildman–Crippen LogP) is 1.35. The largest absolute Gasteiger partial charge is 0.337 e. The molecule has 0 radical (unpaired) electrons. The van der Waals surface area contributed by atoms with Gasteiger partial charge in [-0.2, -0.15) is 4.68 Å². The summed E-state index contributed by atoms with van der Waals surface area (Å²) in [6.45, 7) is 2.65. The number of benzene rings is 1. The number of anilines is 1. The van der Waals surface area contributed by atoms with E-state index in [0.29, 0.717) is 24.6 Å². The molecule has 28 heavy (non-hydrogen) atoms. The Labute approximate surface area is 161 Å². The summed E-state index contributed by atoms with van der Waals surface area (Å²) in [4.78, 5) is 30.7. The molecule has 1 fully saturated rings. The number of nitrogens with zero attached hydrogens (tertiary/aromatic N) is 6. The SMILES string of the molecule is Cc1nnnn1-c1cccc(NC(=O)C2CC(=O)N(Cc3cccnc3)C2)c1. The lowest BCUT2D eigenvalue weighted by Crippen LogP contribution is -2.28. The van der Waals surface area contributed by atoms with E-state index in [2.05, 4.69) is 25.8 Å². The zero-order valence-electron chi connectivity index (χ0n) is 15.3. The van der Waals surface area contributed by atoms with Gasteiger partial charge in [-0.1, -0.05) is 12.1 Å². The highest BCUT2D eigenvalue weighted by Crippen LogP contribution is 2.22. The van der Waals surface area contributed by atoms with Crippen LogP contribution in [0.4, 0.5) is 5.69 Å². The van der Waals surface area contributed by atoms with Gasteiger partial charge in [-0.25, -0.2) is 0 Å². The average molecular weight is 377 g/mol. The molecule has 1 unspecified atom stereocenters. The molecule has 0 aliphatic carbocycles. The lowest BCUT2D eigenvalue weighted by Gasteiger charge is -2.16. The highest BCUT2D eigenvalue weighted by atomic mass is 16.2. The van der Waals surface area contributed by atoms with Crippen LogP contribution in [-0.2, 0) is 16.1 Å². The Bertz CT molecular complexity index is 1000. The molecule has 1 atom stereocenters. The number of rotatable bonds is 5. The maximum Gasteiger partial charge on any atom is 0.229 e. The first-order valence-electron chi connectivity index (χ1n) is 8.93. The van der Waals surface area contributed by atoms with E-state index in [1.807, 2.05) is 24.3 Å². The van der Waals surface area contributed by atoms with Crippen LogP contribution in [0.15, 0.2) is 48.8 Å². The summed E-state index contributed by atoms with van der Waals surface area (Å²) < 4.78 is 1.59. The third-order valence-electron chi connectivity index (χ3n) is 4.67. The molecule has 3 heterocycles. The van der Waals surface area contributed by atoms with E-state index in [0.717, 1.165) is 11.3 Å². The molecule has 0 spiro atoms. The third-order valence-corrected chi connectivity index (χ3v) is 4.67. The van der Waals surface area contributed by atoms with Crippen molar-refractivity contribution in [3.05, 3.63) is 60.2 Å². The fourth-order valence-electron chi connectivity index (χ4n) is 3.24. The minimum atomic E-state index is -0.386. The standard InChI is InChI=1S/C19H19N7O2/c1-13-22-23-24-26(13)17-6-2-5-16(9-17)21-19(28)15-8-18(27)25(12-15)11-14-4-3-7-20-10-14/h2-7,9-10,15H,8,11-12H2,1H3,(H,21,28). The summed E-state index contributed by atoms with van der Waals surface area (Å²) in [5, 5.41) is 14.3. The lowest BCUT2D eigenvalue weighted by atomic mass is 10.1. The van der Waals surface area contributed by atoms with Gasteiger partial charge < -0.3 is 10.2 Å². The number of carbonyl (C=O) groups excluding carboxylic acids is 2. The van der Waals surface area contributed by atoms with E-state index in [9.17, 15) is 9.59 Å². The number of hydrogen-bond donors (Lipinski definition) is 1. The monoisotopic (exact) mass is 377 g/mol. The van der Waals surface area contributed by atoms with Crippen LogP contribution >= 0.6 is 0 Å². The van der Waals surface area contributed by atoms with Crippen molar-refractivity contribution in [2.24, 2.45) is 5.92 Å². The number of pyridine rings is 1. The van der Waals surface area contributed by atoms with Crippen LogP contribution in [0.25, 0.3) is 5.69 Å². The Hall–Kier alpha value is -3.62. The second kappa shape index (κ2) is 7.55. The minimum absolute atomic E-state index is 0.0259. The number of hydrogen-bond acceptors (Lipinski definition) is 6. The van der Waals surface area contributed by atoms with Crippen LogP contribution in [0.3, 0.4) is 0 Å². The second-order valence-corrected chi connectivity index (χ2v) is 6.71. The molecule has 2 amide bonds. The molecule has 1 aliphatic rings. The number of tetrazole rings is 1. The van der Waals surface area contributed by atoms with Crippen molar-refractivity contribution in [2.75, 3.05) is 11.9 Å². The molecule has 1 saturated heterocycles. The van der Waals surface area contributed by atoms with Gasteiger partial charge in [-0.05, 0) is 47.2 Å². The van der Waals surface area contributed by atoms with E-state index in [1.54, 1.807) is 41.0 Å². The second-order valence-electron chi connectivity index (χ2n) is 6.71. The number of aromatic nitrogens is 5. The number of nitrogens with one attached hydrogen (secondary N) is 1. The first-order valence-corrected chi connectivity index (χ1v) is 8.93. The van der Waals surface area contributed by atoms with E-state index >= 15 is 0 Å². The van der Waals surface area contributed by atoms with Gasteiger partial charge >= 0.3 is 0 Å². The molecule has 9 heteroatoms. The molecule has 1 N–H and O–H groups in total. The van der Waals surface area contributed by atoms with Gasteiger partial charge in [0.05, 0.1) is 11.6 Å². The van der Waals surface area contributed by atoms with Crippen molar-refractivity contribution in [3.8, 4) is 5.69 Å². The van der Waals surface area contributed by atoms with Gasteiger partial charge in [0.2, 0.25) is 11.8 Å². The fraction of sp³-hybridized carbons (Fsp3) is 0.263. The van der Waals surface area contributed by atoms with Crippen LogP contribution in [0.2, 0.25) is 0 Å². The molecule has 1 aliphatic heterocycles. The van der Waals surface area contributed by atoms with Crippen LogP contribution in [0.1, 0.15) is 17.8 Å². The van der Waals surface area contributed by atoms with Gasteiger partial charge in [0.1, 0.15) is 0 Å². The molecule has 9 nitrogen and oxygen atoms in total. The molecular weight excluding hydrogens is 358 g/mol. The van der Waals surface area contributed by atoms with Gasteiger partial charge in [0, 0.05) is 37.6 Å². The Morgan fingerprint density at radius 1 is 1.29 bits per heavy atom. The molecule has 1 aromatic carbocycles. The summed E-state index contributed by atoms with van der Waals surface area (Å²) in [5.74, 6) is 0.0632. The zero-order chi connectivity index (χ0) is 19.5. The molecule has 142 valence electrons. The number of aryl methyl sites for hydroxylation is 1. The van der Waals surface area contributed by atoms with Crippen LogP contribution in [0, 0.1) is 12.8 Å². The van der Waals surface area contributed by atoms with Gasteiger partial charge in [0.15, 0.2) is 5.82 Å². The van der Waals surface area contributed by atoms with Crippen molar-refractivity contribution in [1.82, 2.24) is 30.1 Å². The van der Waals surface area contributed by atoms with Crippen molar-refractivity contribution < 1.29 is 9.59 Å². The average Bonchev–Trinajstić information content (AvgIpc) is 3.29. The molecular formula is C19H19N7O2. The van der Waals surface area contributed by atoms with E-state index < -0.39 is 0 Å². The van der Waals surface area contributed by atoms with Crippen molar-refractivity contribution in [3.63, 3.8) is 0 Å². The Morgan fingerprint density at radius 3 is 2.93 bits per heavy atom. The number of carbonyl (C=O) groups is 2. The van der Waals surface area contributed by atoms with Crippen molar-refractivity contribution in [2.45, 2.75) is 19.9 Å².